The van der Waals surface area contributed by atoms with Gasteiger partial charge in [-0.25, -0.2) is 4.79 Å². The summed E-state index contributed by atoms with van der Waals surface area (Å²) < 4.78 is 5.83. The van der Waals surface area contributed by atoms with Gasteiger partial charge in [-0.3, -0.25) is 4.90 Å². The molecule has 0 fully saturated rings. The molecule has 2 heterocycles. The van der Waals surface area contributed by atoms with Gasteiger partial charge in [0.2, 0.25) is 5.82 Å². The lowest BCUT2D eigenvalue weighted by molar-refractivity contribution is 0.244. The number of urea groups is 1. The number of nitrogens with zero attached hydrogens (tertiary/aromatic N) is 3. The topological polar surface area (TPSA) is 71.3 Å². The minimum absolute atomic E-state index is 0.194. The molecule has 4 aromatic rings. The zero-order chi connectivity index (χ0) is 25.6. The number of aryl methyl sites for hydroxylation is 5. The maximum atomic E-state index is 13.5. The smallest absolute Gasteiger partial charge is 0.326 e. The number of aromatic nitrogens is 2. The predicted molar refractivity (Wildman–Crippen MR) is 143 cm³/mol. The molecule has 1 unspecified atom stereocenters. The summed E-state index contributed by atoms with van der Waals surface area (Å²) in [6.45, 7) is 12.2. The monoisotopic (exact) mass is 478 g/mol. The third-order valence-electron chi connectivity index (χ3n) is 7.06. The van der Waals surface area contributed by atoms with Crippen molar-refractivity contribution in [3.63, 3.8) is 0 Å². The number of benzene rings is 3. The second-order valence-corrected chi connectivity index (χ2v) is 9.62. The average Bonchev–Trinajstić information content (AvgIpc) is 3.33. The van der Waals surface area contributed by atoms with Gasteiger partial charge in [-0.1, -0.05) is 59.3 Å². The van der Waals surface area contributed by atoms with E-state index in [1.54, 1.807) is 4.90 Å². The number of carbonyl (C=O) groups is 1. The molecule has 2 amide bonds. The van der Waals surface area contributed by atoms with Crippen LogP contribution in [-0.2, 0) is 0 Å². The number of carbonyl (C=O) groups excluding carboxylic acids is 1. The van der Waals surface area contributed by atoms with Crippen molar-refractivity contribution < 1.29 is 9.32 Å². The van der Waals surface area contributed by atoms with Gasteiger partial charge in [0.25, 0.3) is 5.89 Å². The first-order valence-electron chi connectivity index (χ1n) is 12.1. The van der Waals surface area contributed by atoms with Crippen LogP contribution < -0.4 is 10.2 Å². The number of rotatable bonds is 4. The molecule has 1 aliphatic rings. The van der Waals surface area contributed by atoms with Gasteiger partial charge in [0, 0.05) is 11.3 Å². The fourth-order valence-electron chi connectivity index (χ4n) is 4.54. The van der Waals surface area contributed by atoms with E-state index in [1.165, 1.54) is 11.1 Å². The van der Waals surface area contributed by atoms with Crippen LogP contribution >= 0.6 is 0 Å². The summed E-state index contributed by atoms with van der Waals surface area (Å²) in [5, 5.41) is 7.48. The molecule has 182 valence electrons. The third kappa shape index (κ3) is 4.19. The van der Waals surface area contributed by atoms with Gasteiger partial charge >= 0.3 is 6.03 Å². The molecule has 0 bridgehead atoms. The SMILES string of the molecule is CC1=C(c2nc(-c3ccc(C)cc3)no2)C(c2ccc(C)c(C)c2)NC(=O)N1c1ccc(C)c(C)c1. The molecule has 6 heteroatoms. The summed E-state index contributed by atoms with van der Waals surface area (Å²) in [6, 6.07) is 19.6. The molecule has 1 N–H and O–H groups in total. The highest BCUT2D eigenvalue weighted by Crippen LogP contribution is 2.39. The van der Waals surface area contributed by atoms with Crippen LogP contribution in [0.2, 0.25) is 0 Å². The van der Waals surface area contributed by atoms with E-state index >= 15 is 0 Å². The lowest BCUT2D eigenvalue weighted by atomic mass is 9.92. The maximum absolute atomic E-state index is 13.5. The quantitative estimate of drug-likeness (QED) is 0.343. The van der Waals surface area contributed by atoms with Crippen LogP contribution in [0.3, 0.4) is 0 Å². The molecule has 1 aromatic heterocycles. The average molecular weight is 479 g/mol. The Kier molecular flexibility index (Phi) is 5.96. The number of allylic oxidation sites excluding steroid dienone is 1. The van der Waals surface area contributed by atoms with Gasteiger partial charge in [0.15, 0.2) is 0 Å². The molecule has 0 spiro atoms. The Balaban J connectivity index is 1.67. The van der Waals surface area contributed by atoms with Gasteiger partial charge in [-0.05, 0) is 81.5 Å². The van der Waals surface area contributed by atoms with Crippen molar-refractivity contribution >= 4 is 17.3 Å². The van der Waals surface area contributed by atoms with Gasteiger partial charge in [-0.2, -0.15) is 4.98 Å². The van der Waals surface area contributed by atoms with Crippen LogP contribution in [0.4, 0.5) is 10.5 Å². The molecule has 0 aliphatic carbocycles. The lowest BCUT2D eigenvalue weighted by Crippen LogP contribution is -2.46. The third-order valence-corrected chi connectivity index (χ3v) is 7.06. The lowest BCUT2D eigenvalue weighted by Gasteiger charge is -2.35. The van der Waals surface area contributed by atoms with Crippen molar-refractivity contribution in [3.8, 4) is 11.4 Å². The van der Waals surface area contributed by atoms with Crippen molar-refractivity contribution in [1.82, 2.24) is 15.5 Å². The number of hydrogen-bond acceptors (Lipinski definition) is 4. The highest BCUT2D eigenvalue weighted by Gasteiger charge is 2.36. The summed E-state index contributed by atoms with van der Waals surface area (Å²) >= 11 is 0. The molecule has 0 saturated carbocycles. The van der Waals surface area contributed by atoms with E-state index in [2.05, 4.69) is 43.4 Å². The first-order valence-corrected chi connectivity index (χ1v) is 12.1. The van der Waals surface area contributed by atoms with E-state index < -0.39 is 6.04 Å². The first-order chi connectivity index (χ1) is 17.2. The first kappa shape index (κ1) is 23.5. The molecule has 6 nitrogen and oxygen atoms in total. The Labute approximate surface area is 211 Å². The largest absolute Gasteiger partial charge is 0.334 e. The van der Waals surface area contributed by atoms with Gasteiger partial charge in [-0.15, -0.1) is 0 Å². The number of amides is 2. The second kappa shape index (κ2) is 9.11. The Morgan fingerprint density at radius 3 is 2.14 bits per heavy atom. The molecule has 1 atom stereocenters. The van der Waals surface area contributed by atoms with Crippen LogP contribution in [-0.4, -0.2) is 16.2 Å². The maximum Gasteiger partial charge on any atom is 0.326 e. The highest BCUT2D eigenvalue weighted by atomic mass is 16.5. The molecule has 36 heavy (non-hydrogen) atoms. The van der Waals surface area contributed by atoms with E-state index in [0.717, 1.165) is 44.8 Å². The van der Waals surface area contributed by atoms with Crippen molar-refractivity contribution in [3.05, 3.63) is 106 Å². The summed E-state index contributed by atoms with van der Waals surface area (Å²) in [5.74, 6) is 0.902. The zero-order valence-electron chi connectivity index (χ0n) is 21.5. The van der Waals surface area contributed by atoms with Crippen LogP contribution in [0.5, 0.6) is 0 Å². The summed E-state index contributed by atoms with van der Waals surface area (Å²) in [7, 11) is 0. The molecule has 1 aliphatic heterocycles. The van der Waals surface area contributed by atoms with Crippen molar-refractivity contribution in [2.45, 2.75) is 47.6 Å². The van der Waals surface area contributed by atoms with Crippen LogP contribution in [0.15, 0.2) is 70.9 Å². The van der Waals surface area contributed by atoms with Crippen LogP contribution in [0.1, 0.15) is 52.2 Å². The Morgan fingerprint density at radius 2 is 1.47 bits per heavy atom. The van der Waals surface area contributed by atoms with Crippen molar-refractivity contribution in [2.75, 3.05) is 4.90 Å². The Bertz CT molecular complexity index is 1500. The zero-order valence-corrected chi connectivity index (χ0v) is 21.5. The normalized spacial score (nSPS) is 15.9. The van der Waals surface area contributed by atoms with E-state index in [4.69, 9.17) is 9.51 Å². The molecule has 5 rings (SSSR count). The van der Waals surface area contributed by atoms with Crippen LogP contribution in [0.25, 0.3) is 17.0 Å². The molecular weight excluding hydrogens is 448 g/mol. The minimum atomic E-state index is -0.425. The van der Waals surface area contributed by atoms with Crippen molar-refractivity contribution in [2.24, 2.45) is 0 Å². The van der Waals surface area contributed by atoms with E-state index in [9.17, 15) is 4.79 Å². The summed E-state index contributed by atoms with van der Waals surface area (Å²) in [5.41, 5.74) is 9.97. The minimum Gasteiger partial charge on any atom is -0.334 e. The van der Waals surface area contributed by atoms with E-state index in [0.29, 0.717) is 11.7 Å². The fourth-order valence-corrected chi connectivity index (χ4v) is 4.54. The highest BCUT2D eigenvalue weighted by molar-refractivity contribution is 6.01. The molecule has 0 saturated heterocycles. The van der Waals surface area contributed by atoms with E-state index in [1.807, 2.05) is 69.3 Å². The van der Waals surface area contributed by atoms with Gasteiger partial charge in [0.1, 0.15) is 0 Å². The van der Waals surface area contributed by atoms with E-state index in [-0.39, 0.29) is 6.03 Å². The number of hydrogen-bond donors (Lipinski definition) is 1. The van der Waals surface area contributed by atoms with Gasteiger partial charge < -0.3 is 9.84 Å². The summed E-state index contributed by atoms with van der Waals surface area (Å²) in [4.78, 5) is 19.9. The van der Waals surface area contributed by atoms with Crippen molar-refractivity contribution in [1.29, 1.82) is 0 Å². The molecule has 0 radical (unpaired) electrons. The number of nitrogens with one attached hydrogen (secondary N) is 1. The van der Waals surface area contributed by atoms with Gasteiger partial charge in [0.05, 0.1) is 17.3 Å². The fraction of sp³-hybridized carbons (Fsp3) is 0.233. The molecular formula is C30H30N4O2. The molecule has 3 aromatic carbocycles. The Morgan fingerprint density at radius 1 is 0.806 bits per heavy atom. The summed E-state index contributed by atoms with van der Waals surface area (Å²) in [6.07, 6.45) is 0. The predicted octanol–water partition coefficient (Wildman–Crippen LogP) is 6.98. The standard InChI is InChI=1S/C30H30N4O2/c1-17-7-11-23(12-8-17)28-32-29(36-33-28)26-22(6)34(25-14-10-19(3)21(5)16-25)30(35)31-27(26)24-13-9-18(2)20(4)15-24/h7-16,27H,1-6H3,(H,31,35). The Hall–Kier alpha value is -4.19. The second-order valence-electron chi connectivity index (χ2n) is 9.62. The van der Waals surface area contributed by atoms with Crippen LogP contribution in [0, 0.1) is 34.6 Å². The number of anilines is 1.